The topological polar surface area (TPSA) is 17.1 Å². The van der Waals surface area contributed by atoms with Crippen LogP contribution in [0.1, 0.15) is 33.1 Å². The highest BCUT2D eigenvalue weighted by Crippen LogP contribution is 2.51. The molecule has 1 saturated carbocycles. The molecule has 2 rings (SSSR count). The van der Waals surface area contributed by atoms with Crippen molar-refractivity contribution < 1.29 is 4.79 Å². The lowest BCUT2D eigenvalue weighted by molar-refractivity contribution is -0.129. The molecule has 0 aromatic heterocycles. The van der Waals surface area contributed by atoms with Crippen molar-refractivity contribution in [3.63, 3.8) is 0 Å². The molecule has 11 heavy (non-hydrogen) atoms. The van der Waals surface area contributed by atoms with Gasteiger partial charge in [0.05, 0.1) is 0 Å². The molecular weight excluding hydrogens is 136 g/mol. The smallest absolute Gasteiger partial charge is 0.142 e. The Morgan fingerprint density at radius 3 is 2.73 bits per heavy atom. The average molecular weight is 150 g/mol. The van der Waals surface area contributed by atoms with Crippen molar-refractivity contribution in [3.05, 3.63) is 12.2 Å². The lowest BCUT2D eigenvalue weighted by Gasteiger charge is -2.33. The van der Waals surface area contributed by atoms with Crippen LogP contribution in [0.2, 0.25) is 0 Å². The molecule has 2 aliphatic rings. The van der Waals surface area contributed by atoms with E-state index in [1.807, 2.05) is 0 Å². The number of fused-ring (bicyclic) bond motifs is 2. The third-order valence-corrected chi connectivity index (χ3v) is 3.18. The standard InChI is InChI=1S/C10H14O/c1-9-4-3-8(11)10(2,7-9)6-5-9/h5-6H,3-4,7H2,1-2H3. The third-order valence-electron chi connectivity index (χ3n) is 3.18. The van der Waals surface area contributed by atoms with E-state index in [0.29, 0.717) is 11.2 Å². The van der Waals surface area contributed by atoms with Crippen LogP contribution in [-0.2, 0) is 4.79 Å². The van der Waals surface area contributed by atoms with Gasteiger partial charge in [-0.25, -0.2) is 0 Å². The van der Waals surface area contributed by atoms with Crippen molar-refractivity contribution in [3.8, 4) is 0 Å². The van der Waals surface area contributed by atoms with Gasteiger partial charge in [-0.15, -0.1) is 0 Å². The van der Waals surface area contributed by atoms with Crippen LogP contribution in [0.3, 0.4) is 0 Å². The molecule has 0 N–H and O–H groups in total. The first-order valence-electron chi connectivity index (χ1n) is 4.28. The van der Waals surface area contributed by atoms with E-state index >= 15 is 0 Å². The van der Waals surface area contributed by atoms with Gasteiger partial charge in [-0.3, -0.25) is 4.79 Å². The van der Waals surface area contributed by atoms with Gasteiger partial charge < -0.3 is 0 Å². The van der Waals surface area contributed by atoms with Crippen LogP contribution < -0.4 is 0 Å². The van der Waals surface area contributed by atoms with Crippen LogP contribution >= 0.6 is 0 Å². The molecule has 0 amide bonds. The van der Waals surface area contributed by atoms with Crippen LogP contribution in [0.25, 0.3) is 0 Å². The predicted molar refractivity (Wildman–Crippen MR) is 44.2 cm³/mol. The molecule has 2 bridgehead atoms. The molecule has 2 unspecified atom stereocenters. The van der Waals surface area contributed by atoms with E-state index in [-0.39, 0.29) is 5.41 Å². The van der Waals surface area contributed by atoms with Gasteiger partial charge in [0.25, 0.3) is 0 Å². The number of carbonyl (C=O) groups excluding carboxylic acids is 1. The molecule has 1 heteroatoms. The lowest BCUT2D eigenvalue weighted by atomic mass is 9.69. The molecular formula is C10H14O. The van der Waals surface area contributed by atoms with Crippen LogP contribution in [0, 0.1) is 10.8 Å². The Morgan fingerprint density at radius 1 is 1.36 bits per heavy atom. The maximum absolute atomic E-state index is 11.5. The van der Waals surface area contributed by atoms with Crippen LogP contribution in [0.5, 0.6) is 0 Å². The van der Waals surface area contributed by atoms with Crippen molar-refractivity contribution in [1.82, 2.24) is 0 Å². The second kappa shape index (κ2) is 1.77. The summed E-state index contributed by atoms with van der Waals surface area (Å²) in [5, 5.41) is 0. The Bertz CT molecular complexity index is 241. The summed E-state index contributed by atoms with van der Waals surface area (Å²) in [5.74, 6) is 0.434. The number of allylic oxidation sites excluding steroid dienone is 2. The maximum Gasteiger partial charge on any atom is 0.142 e. The summed E-state index contributed by atoms with van der Waals surface area (Å²) in [6.45, 7) is 4.32. The number of ketones is 1. The summed E-state index contributed by atoms with van der Waals surface area (Å²) in [6, 6.07) is 0. The van der Waals surface area contributed by atoms with Crippen molar-refractivity contribution in [2.24, 2.45) is 10.8 Å². The zero-order valence-corrected chi connectivity index (χ0v) is 7.18. The first kappa shape index (κ1) is 7.08. The van der Waals surface area contributed by atoms with Crippen molar-refractivity contribution >= 4 is 5.78 Å². The van der Waals surface area contributed by atoms with Gasteiger partial charge in [0.2, 0.25) is 0 Å². The molecule has 0 aliphatic heterocycles. The second-order valence-corrected chi connectivity index (χ2v) is 4.50. The van der Waals surface area contributed by atoms with Gasteiger partial charge >= 0.3 is 0 Å². The number of carbonyl (C=O) groups is 1. The molecule has 2 atom stereocenters. The monoisotopic (exact) mass is 150 g/mol. The van der Waals surface area contributed by atoms with Gasteiger partial charge in [0.1, 0.15) is 5.78 Å². The summed E-state index contributed by atoms with van der Waals surface area (Å²) in [4.78, 5) is 11.5. The number of hydrogen-bond donors (Lipinski definition) is 0. The van der Waals surface area contributed by atoms with Gasteiger partial charge in [-0.05, 0) is 25.2 Å². The molecule has 0 aromatic carbocycles. The normalized spacial score (nSPS) is 48.4. The quantitative estimate of drug-likeness (QED) is 0.484. The first-order valence-corrected chi connectivity index (χ1v) is 4.28. The van der Waals surface area contributed by atoms with E-state index in [2.05, 4.69) is 26.0 Å². The lowest BCUT2D eigenvalue weighted by Crippen LogP contribution is -2.32. The molecule has 0 heterocycles. The fourth-order valence-electron chi connectivity index (χ4n) is 2.39. The van der Waals surface area contributed by atoms with Crippen molar-refractivity contribution in [2.45, 2.75) is 33.1 Å². The fraction of sp³-hybridized carbons (Fsp3) is 0.700. The van der Waals surface area contributed by atoms with E-state index < -0.39 is 0 Å². The Kier molecular flexibility index (Phi) is 1.14. The summed E-state index contributed by atoms with van der Waals surface area (Å²) in [5.41, 5.74) is 0.232. The van der Waals surface area contributed by atoms with E-state index in [4.69, 9.17) is 0 Å². The maximum atomic E-state index is 11.5. The molecule has 1 fully saturated rings. The molecule has 0 spiro atoms. The van der Waals surface area contributed by atoms with Gasteiger partial charge in [-0.1, -0.05) is 19.1 Å². The highest BCUT2D eigenvalue weighted by Gasteiger charge is 2.46. The SMILES string of the molecule is CC12C=CC(C)(C1)C(=O)CC2. The van der Waals surface area contributed by atoms with E-state index in [9.17, 15) is 4.79 Å². The summed E-state index contributed by atoms with van der Waals surface area (Å²) >= 11 is 0. The third kappa shape index (κ3) is 0.867. The fourth-order valence-corrected chi connectivity index (χ4v) is 2.39. The molecule has 0 radical (unpaired) electrons. The molecule has 1 nitrogen and oxygen atoms in total. The first-order chi connectivity index (χ1) is 5.04. The Morgan fingerprint density at radius 2 is 2.09 bits per heavy atom. The Balaban J connectivity index is 2.38. The summed E-state index contributed by atoms with van der Waals surface area (Å²) in [6.07, 6.45) is 7.22. The zero-order chi connectivity index (χ0) is 8.11. The molecule has 2 aliphatic carbocycles. The molecule has 60 valence electrons. The van der Waals surface area contributed by atoms with E-state index in [0.717, 1.165) is 19.3 Å². The molecule has 0 saturated heterocycles. The molecule has 0 aromatic rings. The van der Waals surface area contributed by atoms with E-state index in [1.165, 1.54) is 0 Å². The second-order valence-electron chi connectivity index (χ2n) is 4.50. The van der Waals surface area contributed by atoms with E-state index in [1.54, 1.807) is 0 Å². The van der Waals surface area contributed by atoms with Crippen molar-refractivity contribution in [1.29, 1.82) is 0 Å². The van der Waals surface area contributed by atoms with Crippen molar-refractivity contribution in [2.75, 3.05) is 0 Å². The highest BCUT2D eigenvalue weighted by atomic mass is 16.1. The number of hydrogen-bond acceptors (Lipinski definition) is 1. The van der Waals surface area contributed by atoms with Gasteiger partial charge in [0.15, 0.2) is 0 Å². The minimum atomic E-state index is -0.104. The number of rotatable bonds is 0. The summed E-state index contributed by atoms with van der Waals surface area (Å²) in [7, 11) is 0. The number of Topliss-reactive ketones (excluding diaryl/α,β-unsaturated/α-hetero) is 1. The zero-order valence-electron chi connectivity index (χ0n) is 7.18. The van der Waals surface area contributed by atoms with Gasteiger partial charge in [0, 0.05) is 11.8 Å². The predicted octanol–water partition coefficient (Wildman–Crippen LogP) is 2.32. The summed E-state index contributed by atoms with van der Waals surface area (Å²) < 4.78 is 0. The van der Waals surface area contributed by atoms with Crippen LogP contribution in [0.4, 0.5) is 0 Å². The minimum absolute atomic E-state index is 0.104. The van der Waals surface area contributed by atoms with Gasteiger partial charge in [-0.2, -0.15) is 0 Å². The Labute approximate surface area is 67.5 Å². The van der Waals surface area contributed by atoms with Crippen LogP contribution in [0.15, 0.2) is 12.2 Å². The Hall–Kier alpha value is -0.590. The largest absolute Gasteiger partial charge is 0.299 e. The average Bonchev–Trinajstić information content (AvgIpc) is 2.20. The highest BCUT2D eigenvalue weighted by molar-refractivity contribution is 5.88. The minimum Gasteiger partial charge on any atom is -0.299 e. The van der Waals surface area contributed by atoms with Crippen LogP contribution in [-0.4, -0.2) is 5.78 Å².